The van der Waals surface area contributed by atoms with Crippen LogP contribution in [0, 0.1) is 12.3 Å². The normalized spacial score (nSPS) is 22.8. The zero-order valence-corrected chi connectivity index (χ0v) is 7.75. The lowest BCUT2D eigenvalue weighted by atomic mass is 10.4. The van der Waals surface area contributed by atoms with E-state index in [4.69, 9.17) is 11.6 Å². The summed E-state index contributed by atoms with van der Waals surface area (Å²) in [5.74, 6) is 1.45. The molecule has 1 aliphatic heterocycles. The summed E-state index contributed by atoms with van der Waals surface area (Å²) in [6.45, 7) is 0.478. The smallest absolute Gasteiger partial charge is 0.298 e. The molecule has 1 atom stereocenters. The standard InChI is InChI=1S/C7H10N2O3S/c1-2-7(10)9-4-3-6(5-9)13(8,11)12/h1,6H,3-5H2,(H2,8,11,12). The highest BCUT2D eigenvalue weighted by Gasteiger charge is 2.32. The van der Waals surface area contributed by atoms with E-state index >= 15 is 0 Å². The van der Waals surface area contributed by atoms with Gasteiger partial charge < -0.3 is 4.90 Å². The minimum Gasteiger partial charge on any atom is -0.331 e. The quantitative estimate of drug-likeness (QED) is 0.526. The lowest BCUT2D eigenvalue weighted by molar-refractivity contribution is -0.124. The van der Waals surface area contributed by atoms with Gasteiger partial charge >= 0.3 is 0 Å². The van der Waals surface area contributed by atoms with Crippen molar-refractivity contribution in [3.05, 3.63) is 0 Å². The Kier molecular flexibility index (Phi) is 2.59. The summed E-state index contributed by atoms with van der Waals surface area (Å²) in [5.41, 5.74) is 0. The molecule has 13 heavy (non-hydrogen) atoms. The number of nitrogens with two attached hydrogens (primary N) is 1. The third-order valence-electron chi connectivity index (χ3n) is 2.02. The molecule has 1 fully saturated rings. The van der Waals surface area contributed by atoms with Gasteiger partial charge in [0.1, 0.15) is 0 Å². The second-order valence-electron chi connectivity index (χ2n) is 2.90. The van der Waals surface area contributed by atoms with Gasteiger partial charge in [0.05, 0.1) is 5.25 Å². The predicted octanol–water partition coefficient (Wildman–Crippen LogP) is -1.49. The minimum absolute atomic E-state index is 0.113. The SMILES string of the molecule is C#CC(=O)N1CCC(S(N)(=O)=O)C1. The number of sulfonamides is 1. The topological polar surface area (TPSA) is 80.5 Å². The number of terminal acetylenes is 1. The first-order valence-corrected chi connectivity index (χ1v) is 5.33. The van der Waals surface area contributed by atoms with Crippen LogP contribution in [0.15, 0.2) is 0 Å². The van der Waals surface area contributed by atoms with Gasteiger partial charge in [-0.3, -0.25) is 4.79 Å². The number of amides is 1. The Bertz CT molecular complexity index is 354. The summed E-state index contributed by atoms with van der Waals surface area (Å²) < 4.78 is 21.8. The van der Waals surface area contributed by atoms with Crippen LogP contribution in [0.1, 0.15) is 6.42 Å². The van der Waals surface area contributed by atoms with Crippen LogP contribution in [0.25, 0.3) is 0 Å². The van der Waals surface area contributed by atoms with Crippen molar-refractivity contribution in [1.82, 2.24) is 4.90 Å². The summed E-state index contributed by atoms with van der Waals surface area (Å²) in [6, 6.07) is 0. The molecule has 5 nitrogen and oxygen atoms in total. The molecule has 0 spiro atoms. The number of nitrogens with zero attached hydrogens (tertiary/aromatic N) is 1. The van der Waals surface area contributed by atoms with Crippen LogP contribution in [0.4, 0.5) is 0 Å². The van der Waals surface area contributed by atoms with Gasteiger partial charge in [-0.25, -0.2) is 13.6 Å². The van der Waals surface area contributed by atoms with Crippen molar-refractivity contribution in [1.29, 1.82) is 0 Å². The van der Waals surface area contributed by atoms with Crippen molar-refractivity contribution in [3.63, 3.8) is 0 Å². The highest BCUT2D eigenvalue weighted by atomic mass is 32.2. The van der Waals surface area contributed by atoms with E-state index in [9.17, 15) is 13.2 Å². The molecule has 0 aromatic carbocycles. The summed E-state index contributed by atoms with van der Waals surface area (Å²) >= 11 is 0. The highest BCUT2D eigenvalue weighted by molar-refractivity contribution is 7.89. The van der Waals surface area contributed by atoms with Crippen LogP contribution in [0.2, 0.25) is 0 Å². The Morgan fingerprint density at radius 3 is 2.62 bits per heavy atom. The molecule has 1 unspecified atom stereocenters. The van der Waals surface area contributed by atoms with Crippen molar-refractivity contribution >= 4 is 15.9 Å². The second-order valence-corrected chi connectivity index (χ2v) is 4.74. The maximum Gasteiger partial charge on any atom is 0.298 e. The molecule has 0 aliphatic carbocycles. The molecule has 0 aromatic heterocycles. The fraction of sp³-hybridized carbons (Fsp3) is 0.571. The molecule has 2 N–H and O–H groups in total. The summed E-state index contributed by atoms with van der Waals surface area (Å²) in [6.07, 6.45) is 5.25. The van der Waals surface area contributed by atoms with Gasteiger partial charge in [0.15, 0.2) is 0 Å². The van der Waals surface area contributed by atoms with E-state index in [0.717, 1.165) is 0 Å². The average Bonchev–Trinajstić information content (AvgIpc) is 2.50. The van der Waals surface area contributed by atoms with Crippen LogP contribution in [0.5, 0.6) is 0 Å². The number of carbonyl (C=O) groups is 1. The Morgan fingerprint density at radius 1 is 1.62 bits per heavy atom. The van der Waals surface area contributed by atoms with Gasteiger partial charge in [-0.2, -0.15) is 0 Å². The van der Waals surface area contributed by atoms with Crippen molar-refractivity contribution < 1.29 is 13.2 Å². The maximum absolute atomic E-state index is 10.9. The Balaban J connectivity index is 2.67. The van der Waals surface area contributed by atoms with Gasteiger partial charge in [-0.05, 0) is 12.3 Å². The van der Waals surface area contributed by atoms with Gasteiger partial charge in [0.2, 0.25) is 10.0 Å². The number of likely N-dealkylation sites (tertiary alicyclic amines) is 1. The van der Waals surface area contributed by atoms with Gasteiger partial charge in [-0.15, -0.1) is 6.42 Å². The number of rotatable bonds is 1. The van der Waals surface area contributed by atoms with E-state index < -0.39 is 21.2 Å². The zero-order chi connectivity index (χ0) is 10.1. The van der Waals surface area contributed by atoms with E-state index in [1.807, 2.05) is 5.92 Å². The maximum atomic E-state index is 10.9. The lowest BCUT2D eigenvalue weighted by Gasteiger charge is -2.11. The first-order chi connectivity index (χ1) is 5.95. The van der Waals surface area contributed by atoms with Gasteiger partial charge in [-0.1, -0.05) is 0 Å². The molecule has 0 bridgehead atoms. The third-order valence-corrected chi connectivity index (χ3v) is 3.33. The van der Waals surface area contributed by atoms with E-state index in [0.29, 0.717) is 13.0 Å². The molecule has 6 heteroatoms. The minimum atomic E-state index is -3.54. The summed E-state index contributed by atoms with van der Waals surface area (Å²) in [7, 11) is -3.54. The van der Waals surface area contributed by atoms with Crippen LogP contribution in [-0.2, 0) is 14.8 Å². The van der Waals surface area contributed by atoms with Gasteiger partial charge in [0.25, 0.3) is 5.91 Å². The zero-order valence-electron chi connectivity index (χ0n) is 6.93. The monoisotopic (exact) mass is 202 g/mol. The molecule has 1 aliphatic rings. The van der Waals surface area contributed by atoms with Crippen molar-refractivity contribution in [2.45, 2.75) is 11.7 Å². The first kappa shape index (κ1) is 10.0. The van der Waals surface area contributed by atoms with Crippen molar-refractivity contribution in [2.24, 2.45) is 5.14 Å². The van der Waals surface area contributed by atoms with E-state index in [1.54, 1.807) is 0 Å². The third kappa shape index (κ3) is 2.20. The van der Waals surface area contributed by atoms with Crippen LogP contribution < -0.4 is 5.14 Å². The number of carbonyl (C=O) groups excluding carboxylic acids is 1. The molecule has 1 amide bonds. The molecule has 0 aromatic rings. The molecule has 1 rings (SSSR count). The Labute approximate surface area is 76.9 Å². The molecule has 0 saturated carbocycles. The summed E-state index contributed by atoms with van der Waals surface area (Å²) in [5, 5.41) is 4.26. The molecular weight excluding hydrogens is 192 g/mol. The average molecular weight is 202 g/mol. The fourth-order valence-electron chi connectivity index (χ4n) is 1.27. The number of hydrogen-bond donors (Lipinski definition) is 1. The van der Waals surface area contributed by atoms with Crippen molar-refractivity contribution in [2.75, 3.05) is 13.1 Å². The molecule has 0 radical (unpaired) electrons. The largest absolute Gasteiger partial charge is 0.331 e. The molecular formula is C7H10N2O3S. The molecule has 1 saturated heterocycles. The lowest BCUT2D eigenvalue weighted by Crippen LogP contribution is -2.33. The first-order valence-electron chi connectivity index (χ1n) is 3.72. The Morgan fingerprint density at radius 2 is 2.23 bits per heavy atom. The Hall–Kier alpha value is -1.06. The van der Waals surface area contributed by atoms with Crippen LogP contribution >= 0.6 is 0 Å². The van der Waals surface area contributed by atoms with Gasteiger partial charge in [0, 0.05) is 13.1 Å². The number of primary sulfonamides is 1. The second kappa shape index (κ2) is 3.36. The van der Waals surface area contributed by atoms with E-state index in [-0.39, 0.29) is 6.54 Å². The van der Waals surface area contributed by atoms with Crippen LogP contribution in [0.3, 0.4) is 0 Å². The molecule has 1 heterocycles. The van der Waals surface area contributed by atoms with E-state index in [2.05, 4.69) is 0 Å². The molecule has 72 valence electrons. The number of hydrogen-bond acceptors (Lipinski definition) is 3. The van der Waals surface area contributed by atoms with Crippen molar-refractivity contribution in [3.8, 4) is 12.3 Å². The summed E-state index contributed by atoms with van der Waals surface area (Å²) in [4.78, 5) is 12.3. The highest BCUT2D eigenvalue weighted by Crippen LogP contribution is 2.14. The predicted molar refractivity (Wildman–Crippen MR) is 46.9 cm³/mol. The van der Waals surface area contributed by atoms with Crippen LogP contribution in [-0.4, -0.2) is 37.6 Å². The van der Waals surface area contributed by atoms with E-state index in [1.165, 1.54) is 4.90 Å². The fourth-order valence-corrected chi connectivity index (χ4v) is 2.09.